The van der Waals surface area contributed by atoms with E-state index in [1.807, 2.05) is 35.2 Å². The third-order valence-electron chi connectivity index (χ3n) is 6.98. The van der Waals surface area contributed by atoms with Crippen molar-refractivity contribution in [3.63, 3.8) is 0 Å². The maximum Gasteiger partial charge on any atom is 0.281 e. The molecule has 8 nitrogen and oxygen atoms in total. The lowest BCUT2D eigenvalue weighted by Gasteiger charge is -2.31. The summed E-state index contributed by atoms with van der Waals surface area (Å²) in [4.78, 5) is 35.1. The summed E-state index contributed by atoms with van der Waals surface area (Å²) < 4.78 is 1.69. The molecule has 0 bridgehead atoms. The molecule has 1 amide bonds. The Balaban J connectivity index is 1.29. The summed E-state index contributed by atoms with van der Waals surface area (Å²) in [7, 11) is 0. The van der Waals surface area contributed by atoms with E-state index in [0.717, 1.165) is 24.0 Å². The van der Waals surface area contributed by atoms with E-state index in [4.69, 9.17) is 4.98 Å². The predicted octanol–water partition coefficient (Wildman–Crippen LogP) is 3.81. The van der Waals surface area contributed by atoms with Crippen molar-refractivity contribution in [2.45, 2.75) is 57.9 Å². The van der Waals surface area contributed by atoms with Crippen molar-refractivity contribution in [2.75, 3.05) is 13.1 Å². The number of rotatable bonds is 5. The fourth-order valence-electron chi connectivity index (χ4n) is 4.75. The van der Waals surface area contributed by atoms with Gasteiger partial charge in [-0.3, -0.25) is 9.59 Å². The first-order valence-electron chi connectivity index (χ1n) is 12.5. The molecule has 1 N–H and O–H groups in total. The summed E-state index contributed by atoms with van der Waals surface area (Å²) in [5.41, 5.74) is 3.92. The van der Waals surface area contributed by atoms with E-state index in [0.29, 0.717) is 37.5 Å². The van der Waals surface area contributed by atoms with Gasteiger partial charge in [0.05, 0.1) is 13.0 Å². The van der Waals surface area contributed by atoms with Gasteiger partial charge in [-0.25, -0.2) is 9.67 Å². The number of hydrogen-bond acceptors (Lipinski definition) is 5. The molecule has 186 valence electrons. The highest BCUT2D eigenvalue weighted by Crippen LogP contribution is 2.26. The number of nitrogens with zero attached hydrogens (tertiary/aromatic N) is 5. The molecule has 0 unspecified atom stereocenters. The summed E-state index contributed by atoms with van der Waals surface area (Å²) in [6.07, 6.45) is 1.92. The van der Waals surface area contributed by atoms with Gasteiger partial charge in [-0.05, 0) is 34.9 Å². The van der Waals surface area contributed by atoms with Crippen LogP contribution in [0.15, 0.2) is 59.4 Å². The van der Waals surface area contributed by atoms with Gasteiger partial charge in [-0.15, -0.1) is 5.10 Å². The summed E-state index contributed by atoms with van der Waals surface area (Å²) in [5.74, 6) is 0.864. The van der Waals surface area contributed by atoms with Gasteiger partial charge in [0.2, 0.25) is 5.91 Å². The van der Waals surface area contributed by atoms with Crippen molar-refractivity contribution in [3.05, 3.63) is 87.5 Å². The second-order valence-electron chi connectivity index (χ2n) is 10.6. The Bertz CT molecular complexity index is 1410. The second-order valence-corrected chi connectivity index (χ2v) is 10.6. The first kappa shape index (κ1) is 23.9. The molecule has 1 aliphatic rings. The Kier molecular flexibility index (Phi) is 6.43. The molecular formula is C28H32N6O2. The zero-order valence-corrected chi connectivity index (χ0v) is 21.1. The summed E-state index contributed by atoms with van der Waals surface area (Å²) >= 11 is 0. The molecule has 0 aliphatic carbocycles. The molecule has 3 heterocycles. The molecule has 2 aromatic carbocycles. The minimum Gasteiger partial charge on any atom is -0.342 e. The van der Waals surface area contributed by atoms with Crippen LogP contribution in [0.4, 0.5) is 0 Å². The SMILES string of the molecule is CC(C)(C)c1ccc(Cn2nnc3c(=O)[nH]c(C4CCN(C(=O)Cc5ccccc5)CC4)nc32)cc1. The number of piperidine rings is 1. The molecule has 1 fully saturated rings. The van der Waals surface area contributed by atoms with Crippen LogP contribution in [0.5, 0.6) is 0 Å². The monoisotopic (exact) mass is 484 g/mol. The molecule has 5 rings (SSSR count). The summed E-state index contributed by atoms with van der Waals surface area (Å²) in [5, 5.41) is 8.30. The lowest BCUT2D eigenvalue weighted by Crippen LogP contribution is -2.39. The van der Waals surface area contributed by atoms with Crippen molar-refractivity contribution in [1.29, 1.82) is 0 Å². The smallest absolute Gasteiger partial charge is 0.281 e. The Hall–Kier alpha value is -3.81. The van der Waals surface area contributed by atoms with Gasteiger partial charge in [0, 0.05) is 19.0 Å². The van der Waals surface area contributed by atoms with Gasteiger partial charge in [0.25, 0.3) is 5.56 Å². The molecule has 1 aliphatic heterocycles. The normalized spacial score (nSPS) is 14.9. The minimum atomic E-state index is -0.271. The van der Waals surface area contributed by atoms with Gasteiger partial charge < -0.3 is 9.88 Å². The maximum atomic E-state index is 12.8. The number of H-pyrrole nitrogens is 1. The van der Waals surface area contributed by atoms with Crippen LogP contribution in [0.1, 0.15) is 62.0 Å². The lowest BCUT2D eigenvalue weighted by atomic mass is 9.87. The number of benzene rings is 2. The van der Waals surface area contributed by atoms with E-state index in [2.05, 4.69) is 60.3 Å². The zero-order valence-electron chi connectivity index (χ0n) is 21.1. The molecule has 0 radical (unpaired) electrons. The molecule has 0 atom stereocenters. The van der Waals surface area contributed by atoms with Gasteiger partial charge in [0.15, 0.2) is 11.2 Å². The van der Waals surface area contributed by atoms with Crippen LogP contribution in [0, 0.1) is 0 Å². The number of aromatic nitrogens is 5. The number of carbonyl (C=O) groups is 1. The first-order chi connectivity index (χ1) is 17.3. The van der Waals surface area contributed by atoms with Crippen LogP contribution in [0.25, 0.3) is 11.2 Å². The number of aromatic amines is 1. The van der Waals surface area contributed by atoms with Gasteiger partial charge in [-0.2, -0.15) is 0 Å². The second kappa shape index (κ2) is 9.68. The van der Waals surface area contributed by atoms with Crippen molar-refractivity contribution < 1.29 is 4.79 Å². The number of fused-ring (bicyclic) bond motifs is 1. The molecule has 36 heavy (non-hydrogen) atoms. The molecule has 0 saturated carbocycles. The maximum absolute atomic E-state index is 12.8. The van der Waals surface area contributed by atoms with E-state index in [1.54, 1.807) is 4.68 Å². The van der Waals surface area contributed by atoms with Crippen molar-refractivity contribution >= 4 is 17.1 Å². The van der Waals surface area contributed by atoms with Crippen molar-refractivity contribution in [2.24, 2.45) is 0 Å². The topological polar surface area (TPSA) is 96.8 Å². The molecule has 4 aromatic rings. The van der Waals surface area contributed by atoms with Crippen LogP contribution >= 0.6 is 0 Å². The standard InChI is InChI=1S/C28H32N6O2/c1-28(2,3)22-11-9-20(10-12-22)18-34-26-24(31-32-34)27(36)30-25(29-26)21-13-15-33(16-14-21)23(35)17-19-7-5-4-6-8-19/h4-12,21H,13-18H2,1-3H3,(H,29,30,36). The third kappa shape index (κ3) is 5.08. The molecule has 8 heteroatoms. The van der Waals surface area contributed by atoms with Crippen LogP contribution < -0.4 is 5.56 Å². The third-order valence-corrected chi connectivity index (χ3v) is 6.98. The van der Waals surface area contributed by atoms with Crippen molar-refractivity contribution in [1.82, 2.24) is 29.9 Å². The molecule has 1 saturated heterocycles. The number of amides is 1. The van der Waals surface area contributed by atoms with Gasteiger partial charge in [-0.1, -0.05) is 80.6 Å². The number of likely N-dealkylation sites (tertiary alicyclic amines) is 1. The number of nitrogens with one attached hydrogen (secondary N) is 1. The van der Waals surface area contributed by atoms with E-state index in [1.165, 1.54) is 5.56 Å². The van der Waals surface area contributed by atoms with Crippen LogP contribution in [-0.4, -0.2) is 48.9 Å². The average molecular weight is 485 g/mol. The van der Waals surface area contributed by atoms with E-state index >= 15 is 0 Å². The van der Waals surface area contributed by atoms with Crippen LogP contribution in [0.2, 0.25) is 0 Å². The quantitative estimate of drug-likeness (QED) is 0.465. The fraction of sp³-hybridized carbons (Fsp3) is 0.393. The summed E-state index contributed by atoms with van der Waals surface area (Å²) in [6, 6.07) is 18.2. The van der Waals surface area contributed by atoms with Gasteiger partial charge in [0.1, 0.15) is 5.82 Å². The number of hydrogen-bond donors (Lipinski definition) is 1. The van der Waals surface area contributed by atoms with E-state index in [-0.39, 0.29) is 28.3 Å². The highest BCUT2D eigenvalue weighted by Gasteiger charge is 2.26. The Morgan fingerprint density at radius 1 is 1.00 bits per heavy atom. The van der Waals surface area contributed by atoms with Crippen LogP contribution in [0.3, 0.4) is 0 Å². The molecule has 2 aromatic heterocycles. The minimum absolute atomic E-state index is 0.0808. The zero-order chi connectivity index (χ0) is 25.3. The van der Waals surface area contributed by atoms with Crippen molar-refractivity contribution in [3.8, 4) is 0 Å². The summed E-state index contributed by atoms with van der Waals surface area (Å²) in [6.45, 7) is 8.35. The fourth-order valence-corrected chi connectivity index (χ4v) is 4.75. The van der Waals surface area contributed by atoms with Gasteiger partial charge >= 0.3 is 0 Å². The van der Waals surface area contributed by atoms with E-state index < -0.39 is 0 Å². The molecular weight excluding hydrogens is 452 g/mol. The Morgan fingerprint density at radius 3 is 2.36 bits per heavy atom. The highest BCUT2D eigenvalue weighted by atomic mass is 16.2. The number of carbonyl (C=O) groups excluding carboxylic acids is 1. The van der Waals surface area contributed by atoms with Crippen LogP contribution in [-0.2, 0) is 23.2 Å². The largest absolute Gasteiger partial charge is 0.342 e. The average Bonchev–Trinajstić information content (AvgIpc) is 3.27. The Morgan fingerprint density at radius 2 is 1.69 bits per heavy atom. The highest BCUT2D eigenvalue weighted by molar-refractivity contribution is 5.78. The first-order valence-corrected chi connectivity index (χ1v) is 12.5. The Labute approximate surface area is 210 Å². The van der Waals surface area contributed by atoms with E-state index in [9.17, 15) is 9.59 Å². The molecule has 0 spiro atoms. The predicted molar refractivity (Wildman–Crippen MR) is 139 cm³/mol. The lowest BCUT2D eigenvalue weighted by molar-refractivity contribution is -0.131.